The molecule has 2 amide bonds. The molecule has 0 unspecified atom stereocenters. The van der Waals surface area contributed by atoms with Crippen molar-refractivity contribution in [1.82, 2.24) is 15.4 Å². The lowest BCUT2D eigenvalue weighted by Crippen LogP contribution is -2.13. The van der Waals surface area contributed by atoms with Crippen LogP contribution in [-0.4, -0.2) is 32.1 Å². The second-order valence-electron chi connectivity index (χ2n) is 4.06. The highest BCUT2D eigenvalue weighted by Gasteiger charge is 2.20. The van der Waals surface area contributed by atoms with Crippen molar-refractivity contribution in [2.45, 2.75) is 6.92 Å². The number of nitrogens with one attached hydrogen (secondary N) is 2. The number of hydrogen-bond donors (Lipinski definition) is 3. The number of primary amides is 1. The first-order valence-corrected chi connectivity index (χ1v) is 5.67. The number of aromatic nitrogens is 3. The van der Waals surface area contributed by atoms with Crippen molar-refractivity contribution in [3.63, 3.8) is 0 Å². The van der Waals surface area contributed by atoms with Gasteiger partial charge in [-0.25, -0.2) is 0 Å². The average molecular weight is 290 g/mol. The van der Waals surface area contributed by atoms with Crippen LogP contribution in [0.5, 0.6) is 0 Å². The lowest BCUT2D eigenvalue weighted by atomic mass is 10.1. The molecule has 1 aromatic heterocycles. The number of carbonyl (C=O) groups is 2. The van der Waals surface area contributed by atoms with Crippen LogP contribution < -0.4 is 11.1 Å². The zero-order valence-corrected chi connectivity index (χ0v) is 10.8. The molecule has 0 aliphatic heterocycles. The van der Waals surface area contributed by atoms with Gasteiger partial charge in [0.2, 0.25) is 5.91 Å². The Hall–Kier alpha value is -3.30. The van der Waals surface area contributed by atoms with Gasteiger partial charge in [-0.3, -0.25) is 19.7 Å². The Labute approximate surface area is 117 Å². The number of nitro groups is 1. The second-order valence-corrected chi connectivity index (χ2v) is 4.06. The minimum absolute atomic E-state index is 0.0420. The quantitative estimate of drug-likeness (QED) is 0.547. The molecule has 21 heavy (non-hydrogen) atoms. The number of carbonyl (C=O) groups excluding carboxylic acids is 2. The van der Waals surface area contributed by atoms with Gasteiger partial charge in [-0.05, 0) is 6.07 Å². The molecule has 0 aliphatic carbocycles. The normalized spacial score (nSPS) is 10.1. The molecule has 1 heterocycles. The number of benzene rings is 1. The van der Waals surface area contributed by atoms with Crippen LogP contribution in [0, 0.1) is 10.1 Å². The Balaban J connectivity index is 2.54. The average Bonchev–Trinajstić information content (AvgIpc) is 2.87. The monoisotopic (exact) mass is 290 g/mol. The molecular weight excluding hydrogens is 280 g/mol. The van der Waals surface area contributed by atoms with Crippen molar-refractivity contribution in [3.05, 3.63) is 34.0 Å². The predicted octanol–water partition coefficient (Wildman–Crippen LogP) is 0.437. The number of anilines is 1. The SMILES string of the molecule is CC(=O)Nc1ccc(-c2n[nH]nc2C(N)=O)cc1[N+](=O)[O-]. The van der Waals surface area contributed by atoms with Crippen molar-refractivity contribution < 1.29 is 14.5 Å². The Morgan fingerprint density at radius 3 is 2.67 bits per heavy atom. The number of nitrogens with two attached hydrogens (primary N) is 1. The van der Waals surface area contributed by atoms with Crippen LogP contribution in [0.4, 0.5) is 11.4 Å². The summed E-state index contributed by atoms with van der Waals surface area (Å²) in [4.78, 5) is 32.6. The van der Waals surface area contributed by atoms with E-state index in [0.29, 0.717) is 0 Å². The highest BCUT2D eigenvalue weighted by molar-refractivity contribution is 5.97. The molecule has 10 heteroatoms. The molecule has 2 aromatic rings. The Kier molecular flexibility index (Phi) is 3.61. The summed E-state index contributed by atoms with van der Waals surface area (Å²) in [7, 11) is 0. The Bertz CT molecular complexity index is 738. The summed E-state index contributed by atoms with van der Waals surface area (Å²) in [6, 6.07) is 3.98. The molecule has 0 saturated carbocycles. The number of rotatable bonds is 4. The van der Waals surface area contributed by atoms with Gasteiger partial charge in [0.25, 0.3) is 11.6 Å². The summed E-state index contributed by atoms with van der Waals surface area (Å²) >= 11 is 0. The van der Waals surface area contributed by atoms with Gasteiger partial charge in [-0.1, -0.05) is 6.07 Å². The zero-order valence-electron chi connectivity index (χ0n) is 10.8. The standard InChI is InChI=1S/C11H10N6O4/c1-5(18)13-7-3-2-6(4-8(7)17(20)21)9-10(11(12)19)15-16-14-9/h2-4H,1H3,(H2,12,19)(H,13,18)(H,14,15,16). The van der Waals surface area contributed by atoms with E-state index in [9.17, 15) is 19.7 Å². The third-order valence-corrected chi connectivity index (χ3v) is 2.56. The van der Waals surface area contributed by atoms with E-state index < -0.39 is 16.7 Å². The van der Waals surface area contributed by atoms with Crippen molar-refractivity contribution in [3.8, 4) is 11.3 Å². The summed E-state index contributed by atoms with van der Waals surface area (Å²) in [5.74, 6) is -1.25. The molecule has 0 bridgehead atoms. The van der Waals surface area contributed by atoms with Gasteiger partial charge in [-0.2, -0.15) is 15.4 Å². The van der Waals surface area contributed by atoms with Crippen LogP contribution in [0.2, 0.25) is 0 Å². The summed E-state index contributed by atoms with van der Waals surface area (Å²) in [6.45, 7) is 1.24. The highest BCUT2D eigenvalue weighted by Crippen LogP contribution is 2.30. The number of nitrogens with zero attached hydrogens (tertiary/aromatic N) is 3. The smallest absolute Gasteiger partial charge is 0.293 e. The first-order valence-electron chi connectivity index (χ1n) is 5.67. The predicted molar refractivity (Wildman–Crippen MR) is 71.3 cm³/mol. The molecule has 0 spiro atoms. The van der Waals surface area contributed by atoms with E-state index in [1.807, 2.05) is 0 Å². The molecule has 1 aromatic carbocycles. The van der Waals surface area contributed by atoms with Crippen LogP contribution in [0.1, 0.15) is 17.4 Å². The number of hydrogen-bond acceptors (Lipinski definition) is 6. The molecule has 4 N–H and O–H groups in total. The molecule has 0 fully saturated rings. The van der Waals surface area contributed by atoms with E-state index >= 15 is 0 Å². The maximum atomic E-state index is 11.2. The second kappa shape index (κ2) is 5.36. The fourth-order valence-corrected chi connectivity index (χ4v) is 1.73. The van der Waals surface area contributed by atoms with Crippen LogP contribution in [0.25, 0.3) is 11.3 Å². The van der Waals surface area contributed by atoms with E-state index in [2.05, 4.69) is 20.7 Å². The van der Waals surface area contributed by atoms with Crippen molar-refractivity contribution in [2.24, 2.45) is 5.73 Å². The lowest BCUT2D eigenvalue weighted by molar-refractivity contribution is -0.383. The molecule has 0 aliphatic rings. The third kappa shape index (κ3) is 2.83. The minimum atomic E-state index is -0.813. The number of H-pyrrole nitrogens is 1. The Morgan fingerprint density at radius 1 is 1.38 bits per heavy atom. The zero-order chi connectivity index (χ0) is 15.6. The molecule has 108 valence electrons. The van der Waals surface area contributed by atoms with Gasteiger partial charge < -0.3 is 11.1 Å². The Morgan fingerprint density at radius 2 is 2.10 bits per heavy atom. The maximum Gasteiger partial charge on any atom is 0.293 e. The summed E-state index contributed by atoms with van der Waals surface area (Å²) in [5, 5.41) is 23.0. The molecule has 0 saturated heterocycles. The van der Waals surface area contributed by atoms with Crippen molar-refractivity contribution in [2.75, 3.05) is 5.32 Å². The first-order chi connectivity index (χ1) is 9.90. The number of aromatic amines is 1. The van der Waals surface area contributed by atoms with Gasteiger partial charge in [0, 0.05) is 18.6 Å². The van der Waals surface area contributed by atoms with E-state index in [-0.39, 0.29) is 28.3 Å². The fraction of sp³-hybridized carbons (Fsp3) is 0.0909. The fourth-order valence-electron chi connectivity index (χ4n) is 1.73. The van der Waals surface area contributed by atoms with Crippen LogP contribution in [0.3, 0.4) is 0 Å². The third-order valence-electron chi connectivity index (χ3n) is 2.56. The highest BCUT2D eigenvalue weighted by atomic mass is 16.6. The lowest BCUT2D eigenvalue weighted by Gasteiger charge is -2.05. The van der Waals surface area contributed by atoms with Crippen LogP contribution in [-0.2, 0) is 4.79 Å². The largest absolute Gasteiger partial charge is 0.364 e. The summed E-state index contributed by atoms with van der Waals surface area (Å²) < 4.78 is 0. The van der Waals surface area contributed by atoms with Gasteiger partial charge in [0.1, 0.15) is 11.4 Å². The number of amides is 2. The van der Waals surface area contributed by atoms with Crippen molar-refractivity contribution in [1.29, 1.82) is 0 Å². The minimum Gasteiger partial charge on any atom is -0.364 e. The van der Waals surface area contributed by atoms with E-state index in [1.165, 1.54) is 25.1 Å². The van der Waals surface area contributed by atoms with E-state index in [4.69, 9.17) is 5.73 Å². The number of nitro benzene ring substituents is 1. The molecular formula is C11H10N6O4. The van der Waals surface area contributed by atoms with E-state index in [1.54, 1.807) is 0 Å². The van der Waals surface area contributed by atoms with Gasteiger partial charge in [0.05, 0.1) is 4.92 Å². The van der Waals surface area contributed by atoms with Gasteiger partial charge in [-0.15, -0.1) is 0 Å². The van der Waals surface area contributed by atoms with Crippen LogP contribution >= 0.6 is 0 Å². The summed E-state index contributed by atoms with van der Waals surface area (Å²) in [5.41, 5.74) is 5.09. The molecule has 2 rings (SSSR count). The molecule has 0 radical (unpaired) electrons. The van der Waals surface area contributed by atoms with Gasteiger partial charge >= 0.3 is 0 Å². The van der Waals surface area contributed by atoms with Crippen molar-refractivity contribution >= 4 is 23.2 Å². The van der Waals surface area contributed by atoms with Crippen LogP contribution in [0.15, 0.2) is 18.2 Å². The van der Waals surface area contributed by atoms with Gasteiger partial charge in [0.15, 0.2) is 5.69 Å². The van der Waals surface area contributed by atoms with E-state index in [0.717, 1.165) is 0 Å². The molecule has 10 nitrogen and oxygen atoms in total. The molecule has 0 atom stereocenters. The first kappa shape index (κ1) is 14.1. The summed E-state index contributed by atoms with van der Waals surface area (Å²) in [6.07, 6.45) is 0. The maximum absolute atomic E-state index is 11.2. The topological polar surface area (TPSA) is 157 Å².